The van der Waals surface area contributed by atoms with Crippen molar-refractivity contribution in [2.24, 2.45) is 5.92 Å². The van der Waals surface area contributed by atoms with Crippen LogP contribution in [0.4, 0.5) is 5.82 Å². The van der Waals surface area contributed by atoms with Gasteiger partial charge in [-0.2, -0.15) is 9.97 Å². The van der Waals surface area contributed by atoms with Crippen molar-refractivity contribution in [3.05, 3.63) is 11.6 Å². The van der Waals surface area contributed by atoms with Crippen LogP contribution in [0.3, 0.4) is 0 Å². The highest BCUT2D eigenvalue weighted by molar-refractivity contribution is 6.28. The highest BCUT2D eigenvalue weighted by atomic mass is 35.5. The van der Waals surface area contributed by atoms with Gasteiger partial charge in [0.2, 0.25) is 5.28 Å². The monoisotopic (exact) mass is 293 g/mol. The minimum Gasteiger partial charge on any atom is -0.351 e. The molecule has 1 N–H and O–H groups in total. The lowest BCUT2D eigenvalue weighted by Crippen LogP contribution is -2.37. The minimum atomic E-state index is 0.270. The van der Waals surface area contributed by atoms with E-state index in [-0.39, 0.29) is 5.28 Å². The van der Waals surface area contributed by atoms with Crippen LogP contribution in [0, 0.1) is 5.92 Å². The SMILES string of the molecule is CC(C)CN(c1nc(Cl)nc2nc[nH]c12)C1CCCC1. The van der Waals surface area contributed by atoms with Crippen LogP contribution in [0.1, 0.15) is 39.5 Å². The van der Waals surface area contributed by atoms with E-state index in [9.17, 15) is 0 Å². The predicted octanol–water partition coefficient (Wildman–Crippen LogP) is 3.41. The van der Waals surface area contributed by atoms with E-state index in [1.54, 1.807) is 6.33 Å². The summed E-state index contributed by atoms with van der Waals surface area (Å²) in [4.78, 5) is 18.4. The molecule has 0 bridgehead atoms. The zero-order valence-corrected chi connectivity index (χ0v) is 12.7. The van der Waals surface area contributed by atoms with Crippen molar-refractivity contribution < 1.29 is 0 Å². The van der Waals surface area contributed by atoms with Crippen LogP contribution in [-0.2, 0) is 0 Å². The van der Waals surface area contributed by atoms with E-state index in [0.717, 1.165) is 17.9 Å². The van der Waals surface area contributed by atoms with Crippen LogP contribution in [0.5, 0.6) is 0 Å². The van der Waals surface area contributed by atoms with Gasteiger partial charge in [-0.1, -0.05) is 26.7 Å². The number of nitrogens with one attached hydrogen (secondary N) is 1. The number of aromatic amines is 1. The fraction of sp³-hybridized carbons (Fsp3) is 0.643. The second kappa shape index (κ2) is 5.56. The van der Waals surface area contributed by atoms with Gasteiger partial charge in [-0.15, -0.1) is 0 Å². The molecule has 1 saturated carbocycles. The Kier molecular flexibility index (Phi) is 3.78. The second-order valence-corrected chi connectivity index (χ2v) is 6.24. The Balaban J connectivity index is 2.05. The summed E-state index contributed by atoms with van der Waals surface area (Å²) in [6.07, 6.45) is 6.70. The number of fused-ring (bicyclic) bond motifs is 1. The quantitative estimate of drug-likeness (QED) is 0.878. The number of imidazole rings is 1. The van der Waals surface area contributed by atoms with Gasteiger partial charge in [0.1, 0.15) is 5.52 Å². The largest absolute Gasteiger partial charge is 0.351 e. The summed E-state index contributed by atoms with van der Waals surface area (Å²) in [5.74, 6) is 1.47. The minimum absolute atomic E-state index is 0.270. The van der Waals surface area contributed by atoms with E-state index < -0.39 is 0 Å². The lowest BCUT2D eigenvalue weighted by atomic mass is 10.1. The van der Waals surface area contributed by atoms with Gasteiger partial charge in [-0.25, -0.2) is 4.98 Å². The van der Waals surface area contributed by atoms with Crippen LogP contribution in [0.15, 0.2) is 6.33 Å². The van der Waals surface area contributed by atoms with Crippen molar-refractivity contribution in [2.75, 3.05) is 11.4 Å². The molecular formula is C14H20ClN5. The highest BCUT2D eigenvalue weighted by Crippen LogP contribution is 2.31. The molecule has 5 nitrogen and oxygen atoms in total. The number of halogens is 1. The molecule has 0 amide bonds. The van der Waals surface area contributed by atoms with E-state index in [0.29, 0.717) is 17.6 Å². The first kappa shape index (κ1) is 13.6. The molecule has 0 saturated heterocycles. The molecule has 0 radical (unpaired) electrons. The lowest BCUT2D eigenvalue weighted by molar-refractivity contribution is 0.532. The zero-order valence-electron chi connectivity index (χ0n) is 11.9. The van der Waals surface area contributed by atoms with Gasteiger partial charge in [-0.05, 0) is 30.4 Å². The van der Waals surface area contributed by atoms with Gasteiger partial charge in [0.25, 0.3) is 0 Å². The normalized spacial score (nSPS) is 16.4. The third-order valence-corrected chi connectivity index (χ3v) is 4.01. The molecule has 108 valence electrons. The topological polar surface area (TPSA) is 57.7 Å². The van der Waals surface area contributed by atoms with Gasteiger partial charge in [0.05, 0.1) is 6.33 Å². The molecule has 2 heterocycles. The summed E-state index contributed by atoms with van der Waals surface area (Å²) < 4.78 is 0. The first-order valence-corrected chi connectivity index (χ1v) is 7.66. The molecule has 1 fully saturated rings. The molecule has 0 spiro atoms. The summed E-state index contributed by atoms with van der Waals surface area (Å²) in [5.41, 5.74) is 1.54. The predicted molar refractivity (Wildman–Crippen MR) is 81.1 cm³/mol. The van der Waals surface area contributed by atoms with Crippen LogP contribution >= 0.6 is 11.6 Å². The van der Waals surface area contributed by atoms with Gasteiger partial charge in [0, 0.05) is 12.6 Å². The third kappa shape index (κ3) is 2.59. The molecule has 0 aromatic carbocycles. The van der Waals surface area contributed by atoms with E-state index in [1.165, 1.54) is 25.7 Å². The Hall–Kier alpha value is -1.36. The highest BCUT2D eigenvalue weighted by Gasteiger charge is 2.26. The van der Waals surface area contributed by atoms with Gasteiger partial charge in [-0.3, -0.25) is 0 Å². The maximum Gasteiger partial charge on any atom is 0.226 e. The molecule has 20 heavy (non-hydrogen) atoms. The second-order valence-electron chi connectivity index (χ2n) is 5.90. The van der Waals surface area contributed by atoms with E-state index in [4.69, 9.17) is 11.6 Å². The molecule has 0 atom stereocenters. The Morgan fingerprint density at radius 3 is 2.80 bits per heavy atom. The molecule has 1 aliphatic rings. The smallest absolute Gasteiger partial charge is 0.226 e. The van der Waals surface area contributed by atoms with E-state index in [2.05, 4.69) is 38.7 Å². The molecule has 2 aromatic heterocycles. The summed E-state index contributed by atoms with van der Waals surface area (Å²) in [6.45, 7) is 5.44. The molecule has 6 heteroatoms. The zero-order chi connectivity index (χ0) is 14.1. The number of nitrogens with zero attached hydrogens (tertiary/aromatic N) is 4. The first-order valence-electron chi connectivity index (χ1n) is 7.28. The van der Waals surface area contributed by atoms with Crippen molar-refractivity contribution in [2.45, 2.75) is 45.6 Å². The third-order valence-electron chi connectivity index (χ3n) is 3.84. The van der Waals surface area contributed by atoms with Gasteiger partial charge >= 0.3 is 0 Å². The van der Waals surface area contributed by atoms with E-state index in [1.807, 2.05) is 0 Å². The maximum atomic E-state index is 6.07. The fourth-order valence-electron chi connectivity index (χ4n) is 3.02. The Labute approximate surface area is 123 Å². The molecule has 0 aliphatic heterocycles. The van der Waals surface area contributed by atoms with Crippen molar-refractivity contribution in [3.63, 3.8) is 0 Å². The van der Waals surface area contributed by atoms with Crippen molar-refractivity contribution in [1.29, 1.82) is 0 Å². The molecular weight excluding hydrogens is 274 g/mol. The lowest BCUT2D eigenvalue weighted by Gasteiger charge is -2.31. The average Bonchev–Trinajstić information content (AvgIpc) is 3.05. The van der Waals surface area contributed by atoms with Gasteiger partial charge in [0.15, 0.2) is 11.5 Å². The van der Waals surface area contributed by atoms with Gasteiger partial charge < -0.3 is 9.88 Å². The molecule has 3 rings (SSSR count). The number of hydrogen-bond donors (Lipinski definition) is 1. The summed E-state index contributed by atoms with van der Waals surface area (Å²) in [5, 5.41) is 0.270. The summed E-state index contributed by atoms with van der Waals surface area (Å²) >= 11 is 6.07. The summed E-state index contributed by atoms with van der Waals surface area (Å²) in [7, 11) is 0. The standard InChI is InChI=1S/C14H20ClN5/c1-9(2)7-20(10-5-3-4-6-10)13-11-12(17-8-16-11)18-14(15)19-13/h8-10H,3-7H2,1-2H3,(H,16,17,18,19). The van der Waals surface area contributed by atoms with Crippen LogP contribution < -0.4 is 4.90 Å². The number of aromatic nitrogens is 4. The molecule has 1 aliphatic carbocycles. The number of rotatable bonds is 4. The number of anilines is 1. The average molecular weight is 294 g/mol. The number of hydrogen-bond acceptors (Lipinski definition) is 4. The first-order chi connectivity index (χ1) is 9.65. The summed E-state index contributed by atoms with van der Waals surface area (Å²) in [6, 6.07) is 0.551. The van der Waals surface area contributed by atoms with E-state index >= 15 is 0 Å². The molecule has 0 unspecified atom stereocenters. The van der Waals surface area contributed by atoms with Crippen molar-refractivity contribution >= 4 is 28.6 Å². The van der Waals surface area contributed by atoms with Crippen LogP contribution in [-0.4, -0.2) is 32.5 Å². The Bertz CT molecular complexity index is 588. The maximum absolute atomic E-state index is 6.07. The number of H-pyrrole nitrogens is 1. The van der Waals surface area contributed by atoms with Crippen molar-refractivity contribution in [1.82, 2.24) is 19.9 Å². The Morgan fingerprint density at radius 1 is 1.35 bits per heavy atom. The van der Waals surface area contributed by atoms with Crippen molar-refractivity contribution in [3.8, 4) is 0 Å². The van der Waals surface area contributed by atoms with Crippen LogP contribution in [0.2, 0.25) is 5.28 Å². The fourth-order valence-corrected chi connectivity index (χ4v) is 3.18. The molecule has 2 aromatic rings. The van der Waals surface area contributed by atoms with Crippen LogP contribution in [0.25, 0.3) is 11.2 Å². The Morgan fingerprint density at radius 2 is 2.10 bits per heavy atom.